The summed E-state index contributed by atoms with van der Waals surface area (Å²) in [7, 11) is 3.16. The molecule has 0 radical (unpaired) electrons. The van der Waals surface area contributed by atoms with E-state index in [2.05, 4.69) is 15.4 Å². The maximum absolute atomic E-state index is 5.87. The average Bonchev–Trinajstić information content (AvgIpc) is 2.74. The minimum atomic E-state index is 0.326. The summed E-state index contributed by atoms with van der Waals surface area (Å²) in [6.45, 7) is 0. The molecule has 1 N–H and O–H groups in total. The molecule has 2 aromatic rings. The topological polar surface area (TPSA) is 60.0 Å². The van der Waals surface area contributed by atoms with Crippen LogP contribution in [0.5, 0.6) is 11.5 Å². The molecule has 0 aliphatic heterocycles. The lowest BCUT2D eigenvalue weighted by Gasteiger charge is -2.08. The minimum Gasteiger partial charge on any atom is -0.493 e. The molecule has 0 atom stereocenters. The maximum Gasteiger partial charge on any atom is 0.179 e. The molecule has 0 amide bonds. The molecule has 2 rings (SSSR count). The van der Waals surface area contributed by atoms with Crippen molar-refractivity contribution in [2.24, 2.45) is 0 Å². The Morgan fingerprint density at radius 2 is 1.88 bits per heavy atom. The van der Waals surface area contributed by atoms with Crippen molar-refractivity contribution in [2.75, 3.05) is 14.2 Å². The quantitative estimate of drug-likeness (QED) is 0.892. The van der Waals surface area contributed by atoms with Gasteiger partial charge >= 0.3 is 0 Å². The van der Waals surface area contributed by atoms with Crippen molar-refractivity contribution in [2.45, 2.75) is 0 Å². The second-order valence-electron chi connectivity index (χ2n) is 3.03. The van der Waals surface area contributed by atoms with Gasteiger partial charge in [0.2, 0.25) is 0 Å². The van der Waals surface area contributed by atoms with E-state index in [1.807, 2.05) is 6.07 Å². The molecule has 0 saturated heterocycles. The highest BCUT2D eigenvalue weighted by Gasteiger charge is 2.11. The Morgan fingerprint density at radius 1 is 1.12 bits per heavy atom. The Morgan fingerprint density at radius 3 is 2.44 bits per heavy atom. The van der Waals surface area contributed by atoms with Crippen LogP contribution in [-0.4, -0.2) is 29.6 Å². The number of halogens is 1. The lowest BCUT2D eigenvalue weighted by molar-refractivity contribution is 0.355. The molecule has 1 heterocycles. The molecule has 0 aliphatic carbocycles. The van der Waals surface area contributed by atoms with Crippen LogP contribution in [0, 0.1) is 0 Å². The number of nitrogens with one attached hydrogen (secondary N) is 1. The van der Waals surface area contributed by atoms with Crippen LogP contribution in [0.4, 0.5) is 0 Å². The van der Waals surface area contributed by atoms with Gasteiger partial charge in [-0.05, 0) is 18.2 Å². The second-order valence-corrected chi connectivity index (χ2v) is 3.39. The molecule has 16 heavy (non-hydrogen) atoms. The maximum atomic E-state index is 5.87. The SMILES string of the molecule is COc1ccc(-c2n[nH]nc2Cl)cc1OC. The molecular weight excluding hydrogens is 230 g/mol. The molecule has 0 fully saturated rings. The number of hydrogen-bond acceptors (Lipinski definition) is 4. The van der Waals surface area contributed by atoms with Crippen molar-refractivity contribution in [1.29, 1.82) is 0 Å². The summed E-state index contributed by atoms with van der Waals surface area (Å²) in [4.78, 5) is 0. The van der Waals surface area contributed by atoms with Crippen molar-refractivity contribution < 1.29 is 9.47 Å². The summed E-state index contributed by atoms with van der Waals surface area (Å²) < 4.78 is 10.3. The number of H-pyrrole nitrogens is 1. The van der Waals surface area contributed by atoms with E-state index in [0.717, 1.165) is 5.56 Å². The van der Waals surface area contributed by atoms with Crippen LogP contribution >= 0.6 is 11.6 Å². The van der Waals surface area contributed by atoms with E-state index in [0.29, 0.717) is 22.3 Å². The highest BCUT2D eigenvalue weighted by Crippen LogP contribution is 2.33. The second kappa shape index (κ2) is 4.40. The smallest absolute Gasteiger partial charge is 0.179 e. The van der Waals surface area contributed by atoms with Crippen LogP contribution in [0.3, 0.4) is 0 Å². The van der Waals surface area contributed by atoms with Crippen LogP contribution in [-0.2, 0) is 0 Å². The third kappa shape index (κ3) is 1.81. The highest BCUT2D eigenvalue weighted by molar-refractivity contribution is 6.31. The zero-order valence-electron chi connectivity index (χ0n) is 8.82. The molecule has 0 aliphatic rings. The first-order valence-electron chi connectivity index (χ1n) is 4.55. The first-order valence-corrected chi connectivity index (χ1v) is 4.92. The summed E-state index contributed by atoms with van der Waals surface area (Å²) in [6.07, 6.45) is 0. The zero-order chi connectivity index (χ0) is 11.5. The Kier molecular flexibility index (Phi) is 2.96. The van der Waals surface area contributed by atoms with Crippen LogP contribution in [0.1, 0.15) is 0 Å². The van der Waals surface area contributed by atoms with Gasteiger partial charge in [0.25, 0.3) is 0 Å². The van der Waals surface area contributed by atoms with Crippen molar-refractivity contribution in [3.8, 4) is 22.8 Å². The van der Waals surface area contributed by atoms with Crippen LogP contribution < -0.4 is 9.47 Å². The van der Waals surface area contributed by atoms with E-state index >= 15 is 0 Å². The van der Waals surface area contributed by atoms with E-state index in [-0.39, 0.29) is 0 Å². The van der Waals surface area contributed by atoms with Gasteiger partial charge in [-0.1, -0.05) is 11.6 Å². The molecule has 6 heteroatoms. The Hall–Kier alpha value is -1.75. The van der Waals surface area contributed by atoms with Crippen LogP contribution in [0.15, 0.2) is 18.2 Å². The number of benzene rings is 1. The first-order chi connectivity index (χ1) is 7.76. The van der Waals surface area contributed by atoms with E-state index in [9.17, 15) is 0 Å². The predicted molar refractivity (Wildman–Crippen MR) is 59.9 cm³/mol. The van der Waals surface area contributed by atoms with Gasteiger partial charge in [0.05, 0.1) is 14.2 Å². The van der Waals surface area contributed by atoms with Crippen LogP contribution in [0.25, 0.3) is 11.3 Å². The van der Waals surface area contributed by atoms with Crippen molar-refractivity contribution in [3.05, 3.63) is 23.4 Å². The van der Waals surface area contributed by atoms with E-state index in [1.54, 1.807) is 26.4 Å². The van der Waals surface area contributed by atoms with E-state index < -0.39 is 0 Å². The Balaban J connectivity index is 2.48. The normalized spacial score (nSPS) is 10.2. The summed E-state index contributed by atoms with van der Waals surface area (Å²) >= 11 is 5.87. The Bertz CT molecular complexity index is 499. The van der Waals surface area contributed by atoms with Crippen molar-refractivity contribution in [3.63, 3.8) is 0 Å². The number of aromatic amines is 1. The fourth-order valence-corrected chi connectivity index (χ4v) is 1.57. The van der Waals surface area contributed by atoms with E-state index in [1.165, 1.54) is 0 Å². The van der Waals surface area contributed by atoms with Gasteiger partial charge < -0.3 is 9.47 Å². The molecule has 1 aromatic carbocycles. The van der Waals surface area contributed by atoms with E-state index in [4.69, 9.17) is 21.1 Å². The summed E-state index contributed by atoms with van der Waals surface area (Å²) in [6, 6.07) is 5.42. The lowest BCUT2D eigenvalue weighted by Crippen LogP contribution is -1.91. The van der Waals surface area contributed by atoms with Gasteiger partial charge in [0.15, 0.2) is 16.7 Å². The van der Waals surface area contributed by atoms with Crippen molar-refractivity contribution >= 4 is 11.6 Å². The van der Waals surface area contributed by atoms with Gasteiger partial charge in [0.1, 0.15) is 5.69 Å². The van der Waals surface area contributed by atoms with Gasteiger partial charge in [-0.25, -0.2) is 0 Å². The minimum absolute atomic E-state index is 0.326. The van der Waals surface area contributed by atoms with Crippen LogP contribution in [0.2, 0.25) is 5.15 Å². The molecule has 84 valence electrons. The third-order valence-electron chi connectivity index (χ3n) is 2.16. The molecule has 1 aromatic heterocycles. The number of rotatable bonds is 3. The molecular formula is C10H10ClN3O2. The highest BCUT2D eigenvalue weighted by atomic mass is 35.5. The van der Waals surface area contributed by atoms with Gasteiger partial charge in [-0.3, -0.25) is 0 Å². The Labute approximate surface area is 97.3 Å². The number of aromatic nitrogens is 3. The number of ether oxygens (including phenoxy) is 2. The summed E-state index contributed by atoms with van der Waals surface area (Å²) in [5.74, 6) is 1.28. The lowest BCUT2D eigenvalue weighted by atomic mass is 10.1. The standard InChI is InChI=1S/C10H10ClN3O2/c1-15-7-4-3-6(5-8(7)16-2)9-10(11)13-14-12-9/h3-5H,1-2H3,(H,12,13,14). The average molecular weight is 240 g/mol. The molecule has 5 nitrogen and oxygen atoms in total. The summed E-state index contributed by atoms with van der Waals surface area (Å²) in [5.41, 5.74) is 1.40. The zero-order valence-corrected chi connectivity index (χ0v) is 9.58. The third-order valence-corrected chi connectivity index (χ3v) is 2.43. The number of nitrogens with zero attached hydrogens (tertiary/aromatic N) is 2. The summed E-state index contributed by atoms with van der Waals surface area (Å²) in [5, 5.41) is 10.5. The number of methoxy groups -OCH3 is 2. The fraction of sp³-hybridized carbons (Fsp3) is 0.200. The molecule has 0 spiro atoms. The monoisotopic (exact) mass is 239 g/mol. The molecule has 0 saturated carbocycles. The molecule has 0 unspecified atom stereocenters. The largest absolute Gasteiger partial charge is 0.493 e. The fourth-order valence-electron chi connectivity index (χ4n) is 1.39. The number of hydrogen-bond donors (Lipinski definition) is 1. The van der Waals surface area contributed by atoms with Gasteiger partial charge in [-0.2, -0.15) is 10.3 Å². The predicted octanol–water partition coefficient (Wildman–Crippen LogP) is 2.14. The van der Waals surface area contributed by atoms with Gasteiger partial charge in [0, 0.05) is 5.56 Å². The molecule has 0 bridgehead atoms. The first kappa shape index (κ1) is 10.8. The van der Waals surface area contributed by atoms with Gasteiger partial charge in [-0.15, -0.1) is 5.10 Å². The van der Waals surface area contributed by atoms with Crippen molar-refractivity contribution in [1.82, 2.24) is 15.4 Å².